The van der Waals surface area contributed by atoms with Gasteiger partial charge in [-0.2, -0.15) is 10.2 Å². The number of fused-ring (bicyclic) bond motifs is 1. The van der Waals surface area contributed by atoms with Crippen molar-refractivity contribution >= 4 is 34.9 Å². The lowest BCUT2D eigenvalue weighted by molar-refractivity contribution is -0.119. The summed E-state index contributed by atoms with van der Waals surface area (Å²) in [7, 11) is 1.61. The average Bonchev–Trinajstić information content (AvgIpc) is 3.46. The van der Waals surface area contributed by atoms with E-state index in [1.807, 2.05) is 66.5 Å². The minimum Gasteiger partial charge on any atom is -0.496 e. The standard InChI is InChI=1S/C26H26Cl2N6O2/c1-15(2)34-26(20(28)13-29-34)21-12-23-32(24(35)9-10-33(23)31-21)14-17-6-7-18(22(11-17)36-4)25-19(27)8-5-16(3)30-25/h5-8,11-13,15H,9-10,14H2,1-4H3. The molecule has 4 aromatic rings. The molecule has 8 nitrogen and oxygen atoms in total. The number of pyridine rings is 1. The third kappa shape index (κ3) is 4.35. The molecule has 10 heteroatoms. The van der Waals surface area contributed by atoms with Crippen molar-refractivity contribution in [3.05, 3.63) is 63.9 Å². The van der Waals surface area contributed by atoms with Gasteiger partial charge in [0.05, 0.1) is 42.1 Å². The summed E-state index contributed by atoms with van der Waals surface area (Å²) in [5, 5.41) is 10.2. The van der Waals surface area contributed by atoms with Crippen molar-refractivity contribution in [2.45, 2.75) is 46.3 Å². The molecule has 0 saturated heterocycles. The second kappa shape index (κ2) is 9.59. The molecule has 0 aliphatic carbocycles. The topological polar surface area (TPSA) is 78.1 Å². The van der Waals surface area contributed by atoms with Gasteiger partial charge in [-0.3, -0.25) is 19.4 Å². The van der Waals surface area contributed by atoms with E-state index in [-0.39, 0.29) is 11.9 Å². The van der Waals surface area contributed by atoms with Gasteiger partial charge in [0.25, 0.3) is 0 Å². The maximum absolute atomic E-state index is 13.0. The fourth-order valence-corrected chi connectivity index (χ4v) is 4.89. The van der Waals surface area contributed by atoms with Crippen LogP contribution in [0.1, 0.15) is 37.6 Å². The summed E-state index contributed by atoms with van der Waals surface area (Å²) in [5.41, 5.74) is 4.67. The molecule has 0 atom stereocenters. The van der Waals surface area contributed by atoms with Gasteiger partial charge in [-0.05, 0) is 50.6 Å². The number of hydrogen-bond acceptors (Lipinski definition) is 5. The predicted molar refractivity (Wildman–Crippen MR) is 141 cm³/mol. The second-order valence-corrected chi connectivity index (χ2v) is 9.85. The van der Waals surface area contributed by atoms with E-state index < -0.39 is 0 Å². The molecule has 0 unspecified atom stereocenters. The van der Waals surface area contributed by atoms with Crippen molar-refractivity contribution in [1.82, 2.24) is 24.5 Å². The number of carbonyl (C=O) groups is 1. The minimum absolute atomic E-state index is 0.0313. The van der Waals surface area contributed by atoms with Crippen molar-refractivity contribution in [3.8, 4) is 28.4 Å². The molecule has 0 saturated carbocycles. The molecule has 36 heavy (non-hydrogen) atoms. The fourth-order valence-electron chi connectivity index (χ4n) is 4.45. The number of hydrogen-bond donors (Lipinski definition) is 0. The van der Waals surface area contributed by atoms with Gasteiger partial charge >= 0.3 is 0 Å². The Labute approximate surface area is 219 Å². The quantitative estimate of drug-likeness (QED) is 0.311. The number of rotatable bonds is 6. The number of aryl methyl sites for hydroxylation is 2. The summed E-state index contributed by atoms with van der Waals surface area (Å²) in [5.74, 6) is 1.39. The van der Waals surface area contributed by atoms with Crippen LogP contribution >= 0.6 is 23.2 Å². The first-order valence-corrected chi connectivity index (χ1v) is 12.4. The Kier molecular flexibility index (Phi) is 6.49. The first kappa shape index (κ1) is 24.3. The highest BCUT2D eigenvalue weighted by atomic mass is 35.5. The van der Waals surface area contributed by atoms with E-state index in [0.717, 1.165) is 28.3 Å². The number of benzene rings is 1. The zero-order chi connectivity index (χ0) is 25.6. The number of amides is 1. The number of nitrogens with zero attached hydrogens (tertiary/aromatic N) is 6. The summed E-state index contributed by atoms with van der Waals surface area (Å²) in [6.07, 6.45) is 1.99. The molecule has 4 heterocycles. The summed E-state index contributed by atoms with van der Waals surface area (Å²) in [6, 6.07) is 11.5. The van der Waals surface area contributed by atoms with Crippen LogP contribution < -0.4 is 9.64 Å². The molecule has 1 aliphatic heterocycles. The second-order valence-electron chi connectivity index (χ2n) is 9.04. The highest BCUT2D eigenvalue weighted by Gasteiger charge is 2.28. The molecule has 0 radical (unpaired) electrons. The van der Waals surface area contributed by atoms with E-state index in [1.165, 1.54) is 0 Å². The van der Waals surface area contributed by atoms with Crippen molar-refractivity contribution in [2.24, 2.45) is 0 Å². The highest BCUT2D eigenvalue weighted by molar-refractivity contribution is 6.33. The zero-order valence-corrected chi connectivity index (χ0v) is 22.0. The third-order valence-electron chi connectivity index (χ3n) is 6.20. The molecule has 1 amide bonds. The van der Waals surface area contributed by atoms with Crippen LogP contribution in [-0.4, -0.2) is 37.6 Å². The van der Waals surface area contributed by atoms with Crippen LogP contribution in [0.4, 0.5) is 5.82 Å². The van der Waals surface area contributed by atoms with E-state index in [4.69, 9.17) is 33.0 Å². The molecule has 0 bridgehead atoms. The zero-order valence-electron chi connectivity index (χ0n) is 20.5. The van der Waals surface area contributed by atoms with Gasteiger partial charge in [-0.25, -0.2) is 4.68 Å². The van der Waals surface area contributed by atoms with Crippen LogP contribution in [0.15, 0.2) is 42.6 Å². The number of ether oxygens (including phenoxy) is 1. The number of carbonyl (C=O) groups excluding carboxylic acids is 1. The van der Waals surface area contributed by atoms with E-state index in [1.54, 1.807) is 18.2 Å². The van der Waals surface area contributed by atoms with Gasteiger partial charge in [0.1, 0.15) is 23.0 Å². The van der Waals surface area contributed by atoms with Crippen LogP contribution in [0.3, 0.4) is 0 Å². The number of aromatic nitrogens is 5. The molecular weight excluding hydrogens is 499 g/mol. The molecule has 0 spiro atoms. The van der Waals surface area contributed by atoms with Crippen molar-refractivity contribution in [1.29, 1.82) is 0 Å². The Balaban J connectivity index is 1.50. The largest absolute Gasteiger partial charge is 0.496 e. The molecule has 5 rings (SSSR count). The maximum atomic E-state index is 13.0. The average molecular weight is 525 g/mol. The van der Waals surface area contributed by atoms with Gasteiger partial charge in [0.15, 0.2) is 0 Å². The van der Waals surface area contributed by atoms with Gasteiger partial charge < -0.3 is 4.74 Å². The number of methoxy groups -OCH3 is 1. The summed E-state index contributed by atoms with van der Waals surface area (Å²) in [4.78, 5) is 19.3. The van der Waals surface area contributed by atoms with Crippen LogP contribution in [0.25, 0.3) is 22.6 Å². The molecule has 0 fully saturated rings. The van der Waals surface area contributed by atoms with E-state index in [9.17, 15) is 4.79 Å². The Morgan fingerprint density at radius 1 is 1.11 bits per heavy atom. The number of halogens is 2. The predicted octanol–water partition coefficient (Wildman–Crippen LogP) is 5.95. The Hall–Kier alpha value is -3.36. The van der Waals surface area contributed by atoms with Gasteiger partial charge in [-0.15, -0.1) is 0 Å². The first-order valence-electron chi connectivity index (χ1n) is 11.7. The van der Waals surface area contributed by atoms with Crippen LogP contribution in [0.5, 0.6) is 5.75 Å². The molecule has 1 aliphatic rings. The van der Waals surface area contributed by atoms with Crippen molar-refractivity contribution in [3.63, 3.8) is 0 Å². The highest BCUT2D eigenvalue weighted by Crippen LogP contribution is 2.37. The molecule has 1 aromatic carbocycles. The molecule has 0 N–H and O–H groups in total. The Bertz CT molecular complexity index is 1460. The SMILES string of the molecule is COc1cc(CN2C(=O)CCn3nc(-c4c(Cl)cnn4C(C)C)cc32)ccc1-c1nc(C)ccc1Cl. The summed E-state index contributed by atoms with van der Waals surface area (Å²) >= 11 is 12.9. The van der Waals surface area contributed by atoms with Crippen molar-refractivity contribution in [2.75, 3.05) is 12.0 Å². The third-order valence-corrected chi connectivity index (χ3v) is 6.78. The summed E-state index contributed by atoms with van der Waals surface area (Å²) < 4.78 is 9.38. The minimum atomic E-state index is 0.0313. The molecule has 3 aromatic heterocycles. The number of anilines is 1. The lowest BCUT2D eigenvalue weighted by atomic mass is 10.1. The van der Waals surface area contributed by atoms with Crippen LogP contribution in [0, 0.1) is 6.92 Å². The lowest BCUT2D eigenvalue weighted by Crippen LogP contribution is -2.36. The van der Waals surface area contributed by atoms with Crippen molar-refractivity contribution < 1.29 is 9.53 Å². The van der Waals surface area contributed by atoms with Gasteiger partial charge in [-0.1, -0.05) is 29.3 Å². The normalized spacial score (nSPS) is 13.4. The van der Waals surface area contributed by atoms with E-state index >= 15 is 0 Å². The molecule has 186 valence electrons. The Morgan fingerprint density at radius 2 is 1.92 bits per heavy atom. The van der Waals surface area contributed by atoms with Crippen LogP contribution in [0.2, 0.25) is 10.0 Å². The smallest absolute Gasteiger partial charge is 0.230 e. The lowest BCUT2D eigenvalue weighted by Gasteiger charge is -2.27. The van der Waals surface area contributed by atoms with Gasteiger partial charge in [0.2, 0.25) is 5.91 Å². The van der Waals surface area contributed by atoms with E-state index in [0.29, 0.717) is 46.7 Å². The van der Waals surface area contributed by atoms with Gasteiger partial charge in [0, 0.05) is 29.8 Å². The Morgan fingerprint density at radius 3 is 2.67 bits per heavy atom. The maximum Gasteiger partial charge on any atom is 0.230 e. The van der Waals surface area contributed by atoms with E-state index in [2.05, 4.69) is 10.1 Å². The summed E-state index contributed by atoms with van der Waals surface area (Å²) in [6.45, 7) is 6.87. The monoisotopic (exact) mass is 524 g/mol. The van der Waals surface area contributed by atoms with Crippen LogP contribution in [-0.2, 0) is 17.9 Å². The molecular formula is C26H26Cl2N6O2. The fraction of sp³-hybridized carbons (Fsp3) is 0.308. The first-order chi connectivity index (χ1) is 17.3.